The summed E-state index contributed by atoms with van der Waals surface area (Å²) in [6, 6.07) is 37.5. The van der Waals surface area contributed by atoms with E-state index in [2.05, 4.69) is 22.8 Å². The van der Waals surface area contributed by atoms with E-state index in [0.717, 1.165) is 22.6 Å². The summed E-state index contributed by atoms with van der Waals surface area (Å²) in [4.78, 5) is 25.6. The van der Waals surface area contributed by atoms with Gasteiger partial charge >= 0.3 is 5.97 Å². The Morgan fingerprint density at radius 2 is 1.51 bits per heavy atom. The molecule has 0 aromatic heterocycles. The van der Waals surface area contributed by atoms with Gasteiger partial charge in [0.2, 0.25) is 0 Å². The predicted octanol–water partition coefficient (Wildman–Crippen LogP) is 10.5. The highest BCUT2D eigenvalue weighted by molar-refractivity contribution is 6.31. The van der Waals surface area contributed by atoms with Gasteiger partial charge in [-0.15, -0.1) is 0 Å². The molecule has 6 nitrogen and oxygen atoms in total. The second-order valence-electron chi connectivity index (χ2n) is 11.9. The van der Waals surface area contributed by atoms with E-state index in [0.29, 0.717) is 33.5 Å². The van der Waals surface area contributed by atoms with E-state index in [1.807, 2.05) is 91.0 Å². The van der Waals surface area contributed by atoms with Crippen LogP contribution in [0.3, 0.4) is 0 Å². The molecular formula is C40H37ClN2O4. The molecule has 1 fully saturated rings. The Kier molecular flexibility index (Phi) is 10.2. The molecule has 6 rings (SSSR count). The molecule has 5 aromatic carbocycles. The largest absolute Gasteiger partial charge is 0.481 e. The smallest absolute Gasteiger partial charge is 0.305 e. The van der Waals surface area contributed by atoms with Gasteiger partial charge in [-0.25, -0.2) is 0 Å². The van der Waals surface area contributed by atoms with Gasteiger partial charge in [-0.3, -0.25) is 9.59 Å². The number of carbonyl (C=O) groups is 2. The molecule has 5 aromatic rings. The minimum Gasteiger partial charge on any atom is -0.481 e. The van der Waals surface area contributed by atoms with Crippen LogP contribution in [0.25, 0.3) is 11.1 Å². The first-order valence-electron chi connectivity index (χ1n) is 16.0. The number of benzene rings is 5. The molecule has 7 heteroatoms. The van der Waals surface area contributed by atoms with Gasteiger partial charge in [0.1, 0.15) is 11.5 Å². The SMILES string of the molecule is O=C(O)CC(NC(=O)c1cc(Cl)ccc1Nc1ccc(C2CCCCC2)cc1)c1ccc(-c2ccccc2Oc2ccccc2)cc1. The lowest BCUT2D eigenvalue weighted by Gasteiger charge is -2.22. The van der Waals surface area contributed by atoms with Gasteiger partial charge in [-0.2, -0.15) is 0 Å². The van der Waals surface area contributed by atoms with Crippen LogP contribution in [0.1, 0.15) is 72.0 Å². The Morgan fingerprint density at radius 3 is 2.23 bits per heavy atom. The standard InChI is InChI=1S/C40H37ClN2O4/c41-31-21-24-36(42-32-22-19-28(20-23-32)27-9-3-1-4-10-27)35(25-31)40(46)43-37(26-39(44)45)30-17-15-29(16-18-30)34-13-7-8-14-38(34)47-33-11-5-2-6-12-33/h2,5-8,11-25,27,37,42H,1,3-4,9-10,26H2,(H,43,46)(H,44,45). The van der Waals surface area contributed by atoms with Gasteiger partial charge in [0, 0.05) is 16.3 Å². The van der Waals surface area contributed by atoms with Crippen LogP contribution in [0, 0.1) is 0 Å². The molecule has 238 valence electrons. The summed E-state index contributed by atoms with van der Waals surface area (Å²) < 4.78 is 6.14. The Hall–Kier alpha value is -5.07. The average molecular weight is 645 g/mol. The minimum atomic E-state index is -1.02. The van der Waals surface area contributed by atoms with Crippen molar-refractivity contribution in [3.05, 3.63) is 143 Å². The number of carbonyl (C=O) groups excluding carboxylic acids is 1. The summed E-state index contributed by atoms with van der Waals surface area (Å²) in [5.41, 5.74) is 5.57. The molecule has 0 saturated heterocycles. The molecule has 1 unspecified atom stereocenters. The molecule has 0 bridgehead atoms. The molecule has 1 aliphatic carbocycles. The lowest BCUT2D eigenvalue weighted by molar-refractivity contribution is -0.137. The summed E-state index contributed by atoms with van der Waals surface area (Å²) >= 11 is 6.34. The number of ether oxygens (including phenoxy) is 1. The highest BCUT2D eigenvalue weighted by Crippen LogP contribution is 2.35. The van der Waals surface area contributed by atoms with E-state index in [1.54, 1.807) is 18.2 Å². The zero-order valence-electron chi connectivity index (χ0n) is 26.0. The number of hydrogen-bond donors (Lipinski definition) is 3. The Morgan fingerprint density at radius 1 is 0.809 bits per heavy atom. The normalized spacial score (nSPS) is 13.8. The fourth-order valence-corrected chi connectivity index (χ4v) is 6.38. The lowest BCUT2D eigenvalue weighted by atomic mass is 9.84. The van der Waals surface area contributed by atoms with Gasteiger partial charge in [0.25, 0.3) is 5.91 Å². The molecule has 3 N–H and O–H groups in total. The highest BCUT2D eigenvalue weighted by atomic mass is 35.5. The van der Waals surface area contributed by atoms with Gasteiger partial charge in [0.05, 0.1) is 23.7 Å². The number of rotatable bonds is 11. The molecule has 1 atom stereocenters. The van der Waals surface area contributed by atoms with Crippen molar-refractivity contribution in [2.24, 2.45) is 0 Å². The number of nitrogens with one attached hydrogen (secondary N) is 2. The van der Waals surface area contributed by atoms with E-state index in [-0.39, 0.29) is 6.42 Å². The molecule has 1 aliphatic rings. The molecule has 0 radical (unpaired) electrons. The summed E-state index contributed by atoms with van der Waals surface area (Å²) in [6.45, 7) is 0. The summed E-state index contributed by atoms with van der Waals surface area (Å²) in [5, 5.41) is 16.5. The molecule has 0 spiro atoms. The van der Waals surface area contributed by atoms with Gasteiger partial charge in [-0.05, 0) is 84.0 Å². The summed E-state index contributed by atoms with van der Waals surface area (Å²) in [5.74, 6) is 0.583. The van der Waals surface area contributed by atoms with Crippen LogP contribution in [0.4, 0.5) is 11.4 Å². The maximum Gasteiger partial charge on any atom is 0.305 e. The number of hydrogen-bond acceptors (Lipinski definition) is 4. The first kappa shape index (κ1) is 31.9. The van der Waals surface area contributed by atoms with Crippen molar-refractivity contribution in [1.29, 1.82) is 0 Å². The number of para-hydroxylation sites is 2. The third-order valence-electron chi connectivity index (χ3n) is 8.66. The van der Waals surface area contributed by atoms with Crippen molar-refractivity contribution < 1.29 is 19.4 Å². The minimum absolute atomic E-state index is 0.287. The van der Waals surface area contributed by atoms with Crippen LogP contribution in [-0.2, 0) is 4.79 Å². The molecule has 1 saturated carbocycles. The second-order valence-corrected chi connectivity index (χ2v) is 12.4. The fraction of sp³-hybridized carbons (Fsp3) is 0.200. The van der Waals surface area contributed by atoms with Crippen LogP contribution in [0.2, 0.25) is 5.02 Å². The van der Waals surface area contributed by atoms with Gasteiger partial charge in [-0.1, -0.05) is 104 Å². The Balaban J connectivity index is 1.20. The fourth-order valence-electron chi connectivity index (χ4n) is 6.21. The van der Waals surface area contributed by atoms with Crippen LogP contribution < -0.4 is 15.4 Å². The first-order chi connectivity index (χ1) is 22.9. The number of carboxylic acids is 1. The molecular weight excluding hydrogens is 608 g/mol. The van der Waals surface area contributed by atoms with Gasteiger partial charge in [0.15, 0.2) is 0 Å². The average Bonchev–Trinajstić information content (AvgIpc) is 3.10. The second kappa shape index (κ2) is 15.0. The third-order valence-corrected chi connectivity index (χ3v) is 8.89. The Labute approximate surface area is 280 Å². The maximum atomic E-state index is 13.7. The number of anilines is 2. The van der Waals surface area contributed by atoms with Crippen LogP contribution in [-0.4, -0.2) is 17.0 Å². The van der Waals surface area contributed by atoms with E-state index in [4.69, 9.17) is 16.3 Å². The van der Waals surface area contributed by atoms with E-state index in [1.165, 1.54) is 37.7 Å². The van der Waals surface area contributed by atoms with Crippen molar-refractivity contribution in [3.8, 4) is 22.6 Å². The summed E-state index contributed by atoms with van der Waals surface area (Å²) in [6.07, 6.45) is 6.03. The predicted molar refractivity (Wildman–Crippen MR) is 188 cm³/mol. The van der Waals surface area contributed by atoms with E-state index < -0.39 is 17.9 Å². The van der Waals surface area contributed by atoms with Crippen LogP contribution in [0.5, 0.6) is 11.5 Å². The monoisotopic (exact) mass is 644 g/mol. The summed E-state index contributed by atoms with van der Waals surface area (Å²) in [7, 11) is 0. The number of carboxylic acid groups (broad SMARTS) is 1. The number of halogens is 1. The Bertz CT molecular complexity index is 1820. The zero-order valence-corrected chi connectivity index (χ0v) is 26.8. The number of amides is 1. The molecule has 1 amide bonds. The van der Waals surface area contributed by atoms with E-state index >= 15 is 0 Å². The zero-order chi connectivity index (χ0) is 32.6. The molecule has 0 heterocycles. The topological polar surface area (TPSA) is 87.7 Å². The van der Waals surface area contributed by atoms with Gasteiger partial charge < -0.3 is 20.5 Å². The van der Waals surface area contributed by atoms with Crippen molar-refractivity contribution in [3.63, 3.8) is 0 Å². The third kappa shape index (κ3) is 8.21. The number of aliphatic carboxylic acids is 1. The van der Waals surface area contributed by atoms with Crippen LogP contribution >= 0.6 is 11.6 Å². The lowest BCUT2D eigenvalue weighted by Crippen LogP contribution is -2.30. The van der Waals surface area contributed by atoms with Crippen molar-refractivity contribution in [1.82, 2.24) is 5.32 Å². The van der Waals surface area contributed by atoms with Crippen molar-refractivity contribution in [2.75, 3.05) is 5.32 Å². The van der Waals surface area contributed by atoms with Crippen LogP contribution in [0.15, 0.2) is 121 Å². The quantitative estimate of drug-likeness (QED) is 0.133. The molecule has 47 heavy (non-hydrogen) atoms. The van der Waals surface area contributed by atoms with E-state index in [9.17, 15) is 14.7 Å². The molecule has 0 aliphatic heterocycles. The highest BCUT2D eigenvalue weighted by Gasteiger charge is 2.22. The van der Waals surface area contributed by atoms with Crippen molar-refractivity contribution >= 4 is 34.9 Å². The first-order valence-corrected chi connectivity index (χ1v) is 16.4. The van der Waals surface area contributed by atoms with Crippen molar-refractivity contribution in [2.45, 2.75) is 50.5 Å². The maximum absolute atomic E-state index is 13.7.